The van der Waals surface area contributed by atoms with Crippen LogP contribution in [0.25, 0.3) is 10.9 Å². The van der Waals surface area contributed by atoms with Crippen molar-refractivity contribution in [3.8, 4) is 0 Å². The van der Waals surface area contributed by atoms with Gasteiger partial charge < -0.3 is 20.0 Å². The number of aromatic nitrogens is 1. The van der Waals surface area contributed by atoms with E-state index in [-0.39, 0.29) is 30.7 Å². The summed E-state index contributed by atoms with van der Waals surface area (Å²) in [6.07, 6.45) is 3.76. The molecule has 0 spiro atoms. The number of likely N-dealkylation sites (N-methyl/N-ethyl adjacent to an activating group) is 1. The molecule has 7 nitrogen and oxygen atoms in total. The molecule has 2 aliphatic heterocycles. The van der Waals surface area contributed by atoms with E-state index >= 15 is 0 Å². The Kier molecular flexibility index (Phi) is 7.48. The largest absolute Gasteiger partial charge is 0.354 e. The lowest BCUT2D eigenvalue weighted by molar-refractivity contribution is -0.135. The van der Waals surface area contributed by atoms with Crippen molar-refractivity contribution >= 4 is 34.2 Å². The molecule has 1 aromatic heterocycles. The fraction of sp³-hybridized carbons (Fsp3) is 0.577. The van der Waals surface area contributed by atoms with Gasteiger partial charge in [0.05, 0.1) is 5.52 Å². The van der Waals surface area contributed by atoms with Gasteiger partial charge in [0.15, 0.2) is 0 Å². The van der Waals surface area contributed by atoms with Gasteiger partial charge >= 0.3 is 0 Å². The van der Waals surface area contributed by atoms with Crippen LogP contribution < -0.4 is 10.2 Å². The number of hydrogen-bond donors (Lipinski definition) is 1. The Morgan fingerprint density at radius 1 is 1.06 bits per heavy atom. The van der Waals surface area contributed by atoms with Crippen molar-refractivity contribution in [3.63, 3.8) is 0 Å². The van der Waals surface area contributed by atoms with E-state index in [4.69, 9.17) is 4.98 Å². The first kappa shape index (κ1) is 23.5. The van der Waals surface area contributed by atoms with E-state index < -0.39 is 0 Å². The second-order valence-electron chi connectivity index (χ2n) is 9.43. The summed E-state index contributed by atoms with van der Waals surface area (Å²) in [5.41, 5.74) is 2.84. The zero-order valence-electron chi connectivity index (χ0n) is 20.3. The van der Waals surface area contributed by atoms with E-state index in [1.807, 2.05) is 23.1 Å². The lowest BCUT2D eigenvalue weighted by atomic mass is 10.0. The molecular formula is C26H37N5O2. The molecule has 2 fully saturated rings. The Balaban J connectivity index is 1.37. The molecule has 0 saturated carbocycles. The SMILES string of the molecule is CCN1CCN(c2cc(C)c3cc(NC(=O)CCC(=O)N4CCCCC4C)ccc3n2)CC1. The molecule has 2 amide bonds. The molecular weight excluding hydrogens is 414 g/mol. The zero-order chi connectivity index (χ0) is 23.4. The van der Waals surface area contributed by atoms with Gasteiger partial charge in [-0.1, -0.05) is 6.92 Å². The number of benzene rings is 1. The van der Waals surface area contributed by atoms with Gasteiger partial charge in [0, 0.05) is 62.7 Å². The number of nitrogens with one attached hydrogen (secondary N) is 1. The van der Waals surface area contributed by atoms with E-state index in [1.165, 1.54) is 6.42 Å². The molecule has 0 aliphatic carbocycles. The average Bonchev–Trinajstić information content (AvgIpc) is 2.83. The molecule has 2 aliphatic rings. The molecule has 1 atom stereocenters. The molecule has 2 aromatic rings. The first-order valence-corrected chi connectivity index (χ1v) is 12.4. The summed E-state index contributed by atoms with van der Waals surface area (Å²) in [4.78, 5) is 36.7. The highest BCUT2D eigenvalue weighted by Gasteiger charge is 2.23. The molecule has 1 N–H and O–H groups in total. The van der Waals surface area contributed by atoms with Gasteiger partial charge in [-0.05, 0) is 69.5 Å². The molecule has 33 heavy (non-hydrogen) atoms. The Bertz CT molecular complexity index is 1000. The van der Waals surface area contributed by atoms with Crippen LogP contribution in [0.2, 0.25) is 0 Å². The van der Waals surface area contributed by atoms with Crippen molar-refractivity contribution in [3.05, 3.63) is 29.8 Å². The van der Waals surface area contributed by atoms with Gasteiger partial charge in [-0.25, -0.2) is 4.98 Å². The fourth-order valence-corrected chi connectivity index (χ4v) is 4.97. The molecule has 0 radical (unpaired) electrons. The number of anilines is 2. The molecule has 7 heteroatoms. The van der Waals surface area contributed by atoms with Gasteiger partial charge in [0.2, 0.25) is 11.8 Å². The van der Waals surface area contributed by atoms with Crippen LogP contribution in [0, 0.1) is 6.92 Å². The Hall–Kier alpha value is -2.67. The van der Waals surface area contributed by atoms with Crippen LogP contribution in [-0.4, -0.2) is 71.9 Å². The number of fused-ring (bicyclic) bond motifs is 1. The van der Waals surface area contributed by atoms with Crippen molar-refractivity contribution in [2.45, 2.75) is 58.9 Å². The van der Waals surface area contributed by atoms with Crippen molar-refractivity contribution in [1.29, 1.82) is 0 Å². The number of hydrogen-bond acceptors (Lipinski definition) is 5. The number of likely N-dealkylation sites (tertiary alicyclic amines) is 1. The van der Waals surface area contributed by atoms with Crippen LogP contribution in [0.1, 0.15) is 51.5 Å². The predicted octanol–water partition coefficient (Wildman–Crippen LogP) is 3.80. The summed E-state index contributed by atoms with van der Waals surface area (Å²) in [5, 5.41) is 4.01. The van der Waals surface area contributed by atoms with Crippen molar-refractivity contribution < 1.29 is 9.59 Å². The molecule has 178 valence electrons. The molecule has 1 aromatic carbocycles. The van der Waals surface area contributed by atoms with Crippen LogP contribution in [-0.2, 0) is 9.59 Å². The number of nitrogens with zero attached hydrogens (tertiary/aromatic N) is 4. The maximum absolute atomic E-state index is 12.5. The maximum atomic E-state index is 12.5. The van der Waals surface area contributed by atoms with Crippen LogP contribution in [0.15, 0.2) is 24.3 Å². The van der Waals surface area contributed by atoms with Gasteiger partial charge in [0.1, 0.15) is 5.82 Å². The van der Waals surface area contributed by atoms with E-state index in [0.29, 0.717) is 0 Å². The monoisotopic (exact) mass is 451 g/mol. The Morgan fingerprint density at radius 3 is 2.58 bits per heavy atom. The number of pyridine rings is 1. The number of carbonyl (C=O) groups is 2. The predicted molar refractivity (Wildman–Crippen MR) is 134 cm³/mol. The summed E-state index contributed by atoms with van der Waals surface area (Å²) in [6, 6.07) is 8.30. The maximum Gasteiger partial charge on any atom is 0.224 e. The van der Waals surface area contributed by atoms with Crippen molar-refractivity contribution in [1.82, 2.24) is 14.8 Å². The average molecular weight is 452 g/mol. The zero-order valence-corrected chi connectivity index (χ0v) is 20.3. The van der Waals surface area contributed by atoms with Crippen molar-refractivity contribution in [2.75, 3.05) is 49.5 Å². The third-order valence-electron chi connectivity index (χ3n) is 7.12. The van der Waals surface area contributed by atoms with Gasteiger partial charge in [-0.15, -0.1) is 0 Å². The minimum Gasteiger partial charge on any atom is -0.354 e. The highest BCUT2D eigenvalue weighted by molar-refractivity contribution is 5.96. The van der Waals surface area contributed by atoms with Gasteiger partial charge in [-0.3, -0.25) is 9.59 Å². The van der Waals surface area contributed by atoms with E-state index in [9.17, 15) is 9.59 Å². The minimum absolute atomic E-state index is 0.0863. The summed E-state index contributed by atoms with van der Waals surface area (Å²) >= 11 is 0. The van der Waals surface area contributed by atoms with Crippen molar-refractivity contribution in [2.24, 2.45) is 0 Å². The molecule has 0 bridgehead atoms. The minimum atomic E-state index is -0.122. The standard InChI is InChI=1S/C26H37N5O2/c1-4-29-13-15-30(16-14-29)24-17-19(2)22-18-21(8-9-23(22)28-24)27-25(32)10-11-26(33)31-12-6-5-7-20(31)3/h8-9,17-18,20H,4-7,10-16H2,1-3H3,(H,27,32). The Morgan fingerprint density at radius 2 is 1.85 bits per heavy atom. The van der Waals surface area contributed by atoms with Gasteiger partial charge in [-0.2, -0.15) is 0 Å². The van der Waals surface area contributed by atoms with E-state index in [2.05, 4.69) is 42.0 Å². The third kappa shape index (κ3) is 5.64. The second-order valence-corrected chi connectivity index (χ2v) is 9.43. The summed E-state index contributed by atoms with van der Waals surface area (Å²) in [5.74, 6) is 0.990. The smallest absolute Gasteiger partial charge is 0.224 e. The third-order valence-corrected chi connectivity index (χ3v) is 7.12. The number of piperidine rings is 1. The molecule has 1 unspecified atom stereocenters. The normalized spacial score (nSPS) is 19.7. The number of aryl methyl sites for hydroxylation is 1. The highest BCUT2D eigenvalue weighted by atomic mass is 16.2. The quantitative estimate of drug-likeness (QED) is 0.723. The van der Waals surface area contributed by atoms with E-state index in [1.54, 1.807) is 0 Å². The number of rotatable bonds is 6. The lowest BCUT2D eigenvalue weighted by Gasteiger charge is -2.35. The van der Waals surface area contributed by atoms with Crippen LogP contribution in [0.4, 0.5) is 11.5 Å². The summed E-state index contributed by atoms with van der Waals surface area (Å²) in [7, 11) is 0. The fourth-order valence-electron chi connectivity index (χ4n) is 4.97. The lowest BCUT2D eigenvalue weighted by Crippen LogP contribution is -2.46. The summed E-state index contributed by atoms with van der Waals surface area (Å²) in [6.45, 7) is 12.4. The van der Waals surface area contributed by atoms with Gasteiger partial charge in [0.25, 0.3) is 0 Å². The topological polar surface area (TPSA) is 68.8 Å². The summed E-state index contributed by atoms with van der Waals surface area (Å²) < 4.78 is 0. The van der Waals surface area contributed by atoms with E-state index in [0.717, 1.165) is 80.1 Å². The van der Waals surface area contributed by atoms with Crippen LogP contribution in [0.3, 0.4) is 0 Å². The first-order chi connectivity index (χ1) is 15.9. The first-order valence-electron chi connectivity index (χ1n) is 12.4. The Labute approximate surface area is 197 Å². The van der Waals surface area contributed by atoms with Crippen LogP contribution >= 0.6 is 0 Å². The molecule has 4 rings (SSSR count). The molecule has 2 saturated heterocycles. The molecule has 3 heterocycles. The second kappa shape index (κ2) is 10.5. The number of carbonyl (C=O) groups excluding carboxylic acids is 2. The number of amides is 2. The highest BCUT2D eigenvalue weighted by Crippen LogP contribution is 2.26. The number of piperazine rings is 1. The van der Waals surface area contributed by atoms with Crippen LogP contribution in [0.5, 0.6) is 0 Å².